The fourth-order valence-corrected chi connectivity index (χ4v) is 2.89. The summed E-state index contributed by atoms with van der Waals surface area (Å²) in [5.74, 6) is -1.23. The van der Waals surface area contributed by atoms with Gasteiger partial charge in [0, 0.05) is 0 Å². The standard InChI is InChI=1S/C16H29NO6/c1-16(2,3)23-15(22)17-11(12(18)13(19)14(20)21)9-10-7-5-4-6-8-10/h10-13,18-19H,4-9H2,1-3H3,(H,17,22)(H,20,21). The van der Waals surface area contributed by atoms with Crippen LogP contribution in [0.4, 0.5) is 4.79 Å². The molecule has 0 bridgehead atoms. The first-order valence-corrected chi connectivity index (χ1v) is 8.18. The maximum absolute atomic E-state index is 11.9. The Labute approximate surface area is 137 Å². The lowest BCUT2D eigenvalue weighted by Gasteiger charge is -2.31. The molecule has 7 nitrogen and oxygen atoms in total. The number of nitrogens with one attached hydrogen (secondary N) is 1. The maximum Gasteiger partial charge on any atom is 0.407 e. The number of ether oxygens (including phenoxy) is 1. The fraction of sp³-hybridized carbons (Fsp3) is 0.875. The van der Waals surface area contributed by atoms with Crippen molar-refractivity contribution in [1.82, 2.24) is 5.32 Å². The van der Waals surface area contributed by atoms with Gasteiger partial charge in [-0.15, -0.1) is 0 Å². The Bertz CT molecular complexity index is 400. The second-order valence-electron chi connectivity index (χ2n) is 7.27. The topological polar surface area (TPSA) is 116 Å². The summed E-state index contributed by atoms with van der Waals surface area (Å²) in [6, 6.07) is -0.862. The number of carboxylic acids is 1. The van der Waals surface area contributed by atoms with E-state index >= 15 is 0 Å². The molecule has 1 saturated carbocycles. The number of amides is 1. The van der Waals surface area contributed by atoms with Crippen LogP contribution in [0, 0.1) is 5.92 Å². The number of carboxylic acid groups (broad SMARTS) is 1. The molecule has 0 aliphatic heterocycles. The molecular weight excluding hydrogens is 302 g/mol. The van der Waals surface area contributed by atoms with Crippen LogP contribution in [0.3, 0.4) is 0 Å². The molecule has 0 spiro atoms. The average Bonchev–Trinajstić information content (AvgIpc) is 2.44. The molecule has 1 fully saturated rings. The summed E-state index contributed by atoms with van der Waals surface area (Å²) < 4.78 is 5.16. The van der Waals surface area contributed by atoms with Gasteiger partial charge in [-0.25, -0.2) is 9.59 Å². The summed E-state index contributed by atoms with van der Waals surface area (Å²) in [6.07, 6.45) is 1.45. The Balaban J connectivity index is 2.74. The molecule has 1 aliphatic carbocycles. The minimum absolute atomic E-state index is 0.291. The van der Waals surface area contributed by atoms with Crippen molar-refractivity contribution >= 4 is 12.1 Å². The lowest BCUT2D eigenvalue weighted by molar-refractivity contribution is -0.154. The molecule has 4 N–H and O–H groups in total. The van der Waals surface area contributed by atoms with Crippen molar-refractivity contribution in [3.63, 3.8) is 0 Å². The van der Waals surface area contributed by atoms with E-state index in [1.807, 2.05) is 0 Å². The van der Waals surface area contributed by atoms with Gasteiger partial charge in [0.25, 0.3) is 0 Å². The van der Waals surface area contributed by atoms with E-state index in [2.05, 4.69) is 5.32 Å². The van der Waals surface area contributed by atoms with Crippen LogP contribution in [0.2, 0.25) is 0 Å². The normalized spacial score (nSPS) is 20.4. The second kappa shape index (κ2) is 8.49. The summed E-state index contributed by atoms with van der Waals surface area (Å²) in [7, 11) is 0. The zero-order valence-electron chi connectivity index (χ0n) is 14.1. The van der Waals surface area contributed by atoms with E-state index in [1.165, 1.54) is 6.42 Å². The summed E-state index contributed by atoms with van der Waals surface area (Å²) in [5, 5.41) is 31.1. The van der Waals surface area contributed by atoms with E-state index in [9.17, 15) is 19.8 Å². The minimum Gasteiger partial charge on any atom is -0.479 e. The van der Waals surface area contributed by atoms with Crippen molar-refractivity contribution < 1.29 is 29.6 Å². The smallest absolute Gasteiger partial charge is 0.407 e. The first-order valence-electron chi connectivity index (χ1n) is 8.18. The second-order valence-corrected chi connectivity index (χ2v) is 7.27. The molecule has 1 amide bonds. The van der Waals surface area contributed by atoms with Gasteiger partial charge in [0.1, 0.15) is 11.7 Å². The quantitative estimate of drug-likeness (QED) is 0.588. The number of aliphatic hydroxyl groups is 2. The highest BCUT2D eigenvalue weighted by atomic mass is 16.6. The SMILES string of the molecule is CC(C)(C)OC(=O)NC(CC1CCCCC1)C(O)C(O)C(=O)O. The Morgan fingerprint density at radius 2 is 1.74 bits per heavy atom. The molecule has 0 saturated heterocycles. The van der Waals surface area contributed by atoms with Crippen LogP contribution in [0.1, 0.15) is 59.3 Å². The molecule has 0 heterocycles. The van der Waals surface area contributed by atoms with E-state index in [1.54, 1.807) is 20.8 Å². The van der Waals surface area contributed by atoms with Gasteiger partial charge < -0.3 is 25.4 Å². The monoisotopic (exact) mass is 331 g/mol. The number of carbonyl (C=O) groups excluding carboxylic acids is 1. The van der Waals surface area contributed by atoms with Crippen LogP contribution >= 0.6 is 0 Å². The van der Waals surface area contributed by atoms with Crippen LogP contribution in [-0.4, -0.2) is 51.2 Å². The van der Waals surface area contributed by atoms with Crippen molar-refractivity contribution in [3.8, 4) is 0 Å². The highest BCUT2D eigenvalue weighted by molar-refractivity contribution is 5.73. The molecule has 0 aromatic carbocycles. The van der Waals surface area contributed by atoms with E-state index in [4.69, 9.17) is 9.84 Å². The molecule has 23 heavy (non-hydrogen) atoms. The lowest BCUT2D eigenvalue weighted by atomic mass is 9.83. The molecule has 3 unspecified atom stereocenters. The van der Waals surface area contributed by atoms with Gasteiger partial charge >= 0.3 is 12.1 Å². The van der Waals surface area contributed by atoms with Crippen LogP contribution in [0.25, 0.3) is 0 Å². The maximum atomic E-state index is 11.9. The van der Waals surface area contributed by atoms with Gasteiger partial charge in [-0.05, 0) is 33.1 Å². The Kier molecular flexibility index (Phi) is 7.28. The highest BCUT2D eigenvalue weighted by Gasteiger charge is 2.35. The third kappa shape index (κ3) is 7.18. The molecule has 3 atom stereocenters. The van der Waals surface area contributed by atoms with Crippen molar-refractivity contribution in [1.29, 1.82) is 0 Å². The van der Waals surface area contributed by atoms with Crippen LogP contribution in [-0.2, 0) is 9.53 Å². The first kappa shape index (κ1) is 19.7. The van der Waals surface area contributed by atoms with E-state index in [-0.39, 0.29) is 0 Å². The van der Waals surface area contributed by atoms with E-state index in [0.717, 1.165) is 25.7 Å². The van der Waals surface area contributed by atoms with Gasteiger partial charge in [-0.2, -0.15) is 0 Å². The number of hydrogen-bond acceptors (Lipinski definition) is 5. The number of hydrogen-bond donors (Lipinski definition) is 4. The minimum atomic E-state index is -1.95. The molecule has 0 aromatic heterocycles. The number of rotatable bonds is 6. The Morgan fingerprint density at radius 1 is 1.17 bits per heavy atom. The average molecular weight is 331 g/mol. The zero-order chi connectivity index (χ0) is 17.6. The number of alkyl carbamates (subject to hydrolysis) is 1. The van der Waals surface area contributed by atoms with Crippen molar-refractivity contribution in [3.05, 3.63) is 0 Å². The predicted octanol–water partition coefficient (Wildman–Crippen LogP) is 1.66. The van der Waals surface area contributed by atoms with Gasteiger partial charge in [-0.3, -0.25) is 0 Å². The van der Waals surface area contributed by atoms with Gasteiger partial charge in [0.2, 0.25) is 0 Å². The molecule has 0 aromatic rings. The lowest BCUT2D eigenvalue weighted by Crippen LogP contribution is -2.52. The fourth-order valence-electron chi connectivity index (χ4n) is 2.89. The highest BCUT2D eigenvalue weighted by Crippen LogP contribution is 2.28. The largest absolute Gasteiger partial charge is 0.479 e. The summed E-state index contributed by atoms with van der Waals surface area (Å²) in [5.41, 5.74) is -0.699. The van der Waals surface area contributed by atoms with E-state index < -0.39 is 35.9 Å². The van der Waals surface area contributed by atoms with E-state index in [0.29, 0.717) is 12.3 Å². The third-order valence-corrected chi connectivity index (χ3v) is 4.00. The third-order valence-electron chi connectivity index (χ3n) is 4.00. The van der Waals surface area contributed by atoms with Crippen molar-refractivity contribution in [2.24, 2.45) is 5.92 Å². The Hall–Kier alpha value is -1.34. The number of carbonyl (C=O) groups is 2. The van der Waals surface area contributed by atoms with Crippen LogP contribution < -0.4 is 5.32 Å². The first-order chi connectivity index (χ1) is 10.6. The van der Waals surface area contributed by atoms with Crippen LogP contribution in [0.15, 0.2) is 0 Å². The molecular formula is C16H29NO6. The van der Waals surface area contributed by atoms with Crippen molar-refractivity contribution in [2.45, 2.75) is 83.1 Å². The number of aliphatic hydroxyl groups excluding tert-OH is 2. The number of aliphatic carboxylic acids is 1. The predicted molar refractivity (Wildman–Crippen MR) is 84.0 cm³/mol. The molecule has 0 radical (unpaired) electrons. The van der Waals surface area contributed by atoms with Gasteiger partial charge in [0.15, 0.2) is 6.10 Å². The van der Waals surface area contributed by atoms with Gasteiger partial charge in [-0.1, -0.05) is 32.1 Å². The molecule has 7 heteroatoms. The van der Waals surface area contributed by atoms with Crippen molar-refractivity contribution in [2.75, 3.05) is 0 Å². The summed E-state index contributed by atoms with van der Waals surface area (Å²) >= 11 is 0. The molecule has 134 valence electrons. The van der Waals surface area contributed by atoms with Gasteiger partial charge in [0.05, 0.1) is 6.04 Å². The Morgan fingerprint density at radius 3 is 2.22 bits per heavy atom. The molecule has 1 rings (SSSR count). The summed E-state index contributed by atoms with van der Waals surface area (Å²) in [4.78, 5) is 22.8. The van der Waals surface area contributed by atoms with Crippen LogP contribution in [0.5, 0.6) is 0 Å². The summed E-state index contributed by atoms with van der Waals surface area (Å²) in [6.45, 7) is 5.14. The zero-order valence-corrected chi connectivity index (χ0v) is 14.1. The molecule has 1 aliphatic rings.